The van der Waals surface area contributed by atoms with Crippen LogP contribution in [0.2, 0.25) is 0 Å². The van der Waals surface area contributed by atoms with E-state index in [0.29, 0.717) is 11.7 Å². The van der Waals surface area contributed by atoms with Crippen LogP contribution in [0.15, 0.2) is 36.8 Å². The number of nitrogens with zero attached hydrogens (tertiary/aromatic N) is 5. The maximum atomic E-state index is 13.8. The van der Waals surface area contributed by atoms with Gasteiger partial charge in [0, 0.05) is 25.5 Å². The van der Waals surface area contributed by atoms with Crippen molar-refractivity contribution in [3.63, 3.8) is 0 Å². The highest BCUT2D eigenvalue weighted by Gasteiger charge is 2.19. The largest absolute Gasteiger partial charge is 0.486 e. The van der Waals surface area contributed by atoms with Crippen molar-refractivity contribution in [2.45, 2.75) is 19.9 Å². The summed E-state index contributed by atoms with van der Waals surface area (Å²) in [5.74, 6) is -0.652. The van der Waals surface area contributed by atoms with Crippen LogP contribution in [0, 0.1) is 5.82 Å². The summed E-state index contributed by atoms with van der Waals surface area (Å²) in [6, 6.07) is 6.60. The van der Waals surface area contributed by atoms with Crippen LogP contribution in [0.5, 0.6) is 5.75 Å². The van der Waals surface area contributed by atoms with Gasteiger partial charge in [-0.1, -0.05) is 6.07 Å². The van der Waals surface area contributed by atoms with E-state index in [1.54, 1.807) is 18.2 Å². The highest BCUT2D eigenvalue weighted by molar-refractivity contribution is 5.98. The minimum atomic E-state index is -0.725. The normalized spacial score (nSPS) is 12.4. The summed E-state index contributed by atoms with van der Waals surface area (Å²) in [6.07, 6.45) is 2.58. The average molecular weight is 466 g/mol. The van der Waals surface area contributed by atoms with E-state index in [0.717, 1.165) is 21.8 Å². The van der Waals surface area contributed by atoms with Crippen molar-refractivity contribution in [3.05, 3.63) is 65.1 Å². The van der Waals surface area contributed by atoms with E-state index in [9.17, 15) is 18.8 Å². The molecule has 0 saturated heterocycles. The van der Waals surface area contributed by atoms with Gasteiger partial charge < -0.3 is 15.8 Å². The molecule has 0 saturated carbocycles. The molecule has 4 N–H and O–H groups in total. The van der Waals surface area contributed by atoms with Crippen LogP contribution >= 0.6 is 0 Å². The molecule has 4 heterocycles. The molecular weight excluding hydrogens is 447 g/mol. The number of Topliss-reactive ketones (excluding diaryl/α,β-unsaturated/α-hetero) is 2. The lowest BCUT2D eigenvalue weighted by molar-refractivity contribution is -0.121. The van der Waals surface area contributed by atoms with Crippen LogP contribution in [0.25, 0.3) is 5.65 Å². The van der Waals surface area contributed by atoms with Crippen molar-refractivity contribution < 1.29 is 23.5 Å². The number of carbonyl (C=O) groups is 3. The van der Waals surface area contributed by atoms with Gasteiger partial charge >= 0.3 is 0 Å². The van der Waals surface area contributed by atoms with Crippen LogP contribution < -0.4 is 15.8 Å². The van der Waals surface area contributed by atoms with Gasteiger partial charge in [0.2, 0.25) is 5.95 Å². The van der Waals surface area contributed by atoms with Gasteiger partial charge in [-0.15, -0.1) is 0 Å². The molecule has 1 aromatic carbocycles. The van der Waals surface area contributed by atoms with Gasteiger partial charge in [-0.2, -0.15) is 10.2 Å². The molecule has 1 aliphatic heterocycles. The summed E-state index contributed by atoms with van der Waals surface area (Å²) < 4.78 is 20.3. The van der Waals surface area contributed by atoms with Crippen LogP contribution in [-0.2, 0) is 17.8 Å². The number of benzene rings is 1. The predicted octanol–water partition coefficient (Wildman–Crippen LogP) is 0.892. The number of halogens is 1. The van der Waals surface area contributed by atoms with Crippen LogP contribution in [0.4, 0.5) is 10.3 Å². The van der Waals surface area contributed by atoms with Crippen molar-refractivity contribution in [3.8, 4) is 5.75 Å². The van der Waals surface area contributed by atoms with E-state index in [-0.39, 0.29) is 48.2 Å². The van der Waals surface area contributed by atoms with Crippen molar-refractivity contribution in [2.75, 3.05) is 12.3 Å². The fourth-order valence-electron chi connectivity index (χ4n) is 3.23. The smallest absolute Gasteiger partial charge is 0.270 e. The SMILES string of the molecule is CC(=O)c1cc(C(=O)NCc2ccc3c(c2)CC(=O)CO3)nc2c(F)cnn12.Nc1ncn[nH]1. The van der Waals surface area contributed by atoms with E-state index in [2.05, 4.69) is 30.6 Å². The number of aromatic nitrogens is 6. The lowest BCUT2D eigenvalue weighted by atomic mass is 10.0. The van der Waals surface area contributed by atoms with Crippen LogP contribution in [0.3, 0.4) is 0 Å². The number of anilines is 1. The fraction of sp³-hybridized carbons (Fsp3) is 0.190. The third-order valence-electron chi connectivity index (χ3n) is 4.81. The van der Waals surface area contributed by atoms with Gasteiger partial charge in [0.25, 0.3) is 5.91 Å². The van der Waals surface area contributed by atoms with E-state index in [4.69, 9.17) is 10.5 Å². The zero-order valence-corrected chi connectivity index (χ0v) is 17.9. The van der Waals surface area contributed by atoms with Crippen molar-refractivity contribution in [2.24, 2.45) is 0 Å². The minimum absolute atomic E-state index is 0.00853. The fourth-order valence-corrected chi connectivity index (χ4v) is 3.23. The Kier molecular flexibility index (Phi) is 6.25. The Bertz CT molecular complexity index is 1380. The summed E-state index contributed by atoms with van der Waals surface area (Å²) in [4.78, 5) is 43.3. The van der Waals surface area contributed by atoms with E-state index in [1.807, 2.05) is 0 Å². The predicted molar refractivity (Wildman–Crippen MR) is 116 cm³/mol. The molecule has 0 spiro atoms. The summed E-state index contributed by atoms with van der Waals surface area (Å²) in [7, 11) is 0. The van der Waals surface area contributed by atoms with Gasteiger partial charge in [0.05, 0.1) is 6.20 Å². The molecule has 0 bridgehead atoms. The number of nitrogen functional groups attached to an aromatic ring is 1. The standard InChI is InChI=1S/C19H15FN4O4.C2H4N4/c1-10(25)16-6-15(23-18-14(20)8-22-24(16)18)19(27)21-7-11-2-3-17-12(4-11)5-13(26)9-28-17;3-2-4-1-5-6-2/h2-4,6,8H,5,7,9H2,1H3,(H,21,27);1H,(H3,3,4,5,6). The van der Waals surface area contributed by atoms with Gasteiger partial charge in [-0.3, -0.25) is 14.4 Å². The van der Waals surface area contributed by atoms with Crippen molar-refractivity contribution >= 4 is 29.1 Å². The Labute approximate surface area is 191 Å². The van der Waals surface area contributed by atoms with Crippen LogP contribution in [0.1, 0.15) is 39.0 Å². The third-order valence-corrected chi connectivity index (χ3v) is 4.81. The summed E-state index contributed by atoms with van der Waals surface area (Å²) in [5, 5.41) is 12.3. The molecule has 4 aromatic rings. The molecule has 1 amide bonds. The van der Waals surface area contributed by atoms with Crippen molar-refractivity contribution in [1.29, 1.82) is 0 Å². The zero-order chi connectivity index (χ0) is 24.2. The molecular formula is C21H19FN8O4. The van der Waals surface area contributed by atoms with Gasteiger partial charge in [0.15, 0.2) is 23.0 Å². The van der Waals surface area contributed by atoms with E-state index in [1.165, 1.54) is 19.3 Å². The number of hydrogen-bond donors (Lipinski definition) is 3. The van der Waals surface area contributed by atoms with Crippen LogP contribution in [-0.4, -0.2) is 53.9 Å². The quantitative estimate of drug-likeness (QED) is 0.370. The monoisotopic (exact) mass is 466 g/mol. The Morgan fingerprint density at radius 2 is 2.15 bits per heavy atom. The molecule has 0 radical (unpaired) electrons. The molecule has 1 aliphatic rings. The molecule has 0 atom stereocenters. The number of rotatable bonds is 4. The molecule has 0 fully saturated rings. The number of amides is 1. The number of nitrogens with one attached hydrogen (secondary N) is 2. The second kappa shape index (κ2) is 9.44. The zero-order valence-electron chi connectivity index (χ0n) is 17.9. The molecule has 12 nitrogen and oxygen atoms in total. The molecule has 34 heavy (non-hydrogen) atoms. The molecule has 0 aliphatic carbocycles. The molecule has 3 aromatic heterocycles. The number of hydrogen-bond acceptors (Lipinski definition) is 9. The number of carbonyl (C=O) groups excluding carboxylic acids is 3. The van der Waals surface area contributed by atoms with Gasteiger partial charge in [-0.05, 0) is 23.8 Å². The van der Waals surface area contributed by atoms with Crippen molar-refractivity contribution in [1.82, 2.24) is 35.1 Å². The summed E-state index contributed by atoms with van der Waals surface area (Å²) in [6.45, 7) is 1.54. The number of ether oxygens (including phenoxy) is 1. The molecule has 13 heteroatoms. The maximum Gasteiger partial charge on any atom is 0.270 e. The number of nitrogens with two attached hydrogens (primary N) is 1. The first-order valence-electron chi connectivity index (χ1n) is 10.0. The minimum Gasteiger partial charge on any atom is -0.486 e. The lowest BCUT2D eigenvalue weighted by Crippen LogP contribution is -2.25. The van der Waals surface area contributed by atoms with E-state index >= 15 is 0 Å². The number of aromatic amines is 1. The van der Waals surface area contributed by atoms with Gasteiger partial charge in [0.1, 0.15) is 30.1 Å². The highest BCUT2D eigenvalue weighted by Crippen LogP contribution is 2.24. The molecule has 174 valence electrons. The topological polar surface area (TPSA) is 170 Å². The summed E-state index contributed by atoms with van der Waals surface area (Å²) >= 11 is 0. The highest BCUT2D eigenvalue weighted by atomic mass is 19.1. The van der Waals surface area contributed by atoms with E-state index < -0.39 is 11.7 Å². The summed E-state index contributed by atoms with van der Waals surface area (Å²) in [5.41, 5.74) is 6.36. The molecule has 5 rings (SSSR count). The number of H-pyrrole nitrogens is 1. The lowest BCUT2D eigenvalue weighted by Gasteiger charge is -2.17. The second-order valence-corrected chi connectivity index (χ2v) is 7.31. The third kappa shape index (κ3) is 4.87. The maximum absolute atomic E-state index is 13.8. The Morgan fingerprint density at radius 3 is 2.82 bits per heavy atom. The number of fused-ring (bicyclic) bond motifs is 2. The number of ketones is 2. The first-order chi connectivity index (χ1) is 16.3. The Hall–Kier alpha value is -4.68. The Balaban J connectivity index is 0.000000398. The van der Waals surface area contributed by atoms with Gasteiger partial charge in [-0.25, -0.2) is 24.0 Å². The second-order valence-electron chi connectivity index (χ2n) is 7.31. The molecule has 0 unspecified atom stereocenters. The first kappa shape index (κ1) is 22.5. The Morgan fingerprint density at radius 1 is 1.32 bits per heavy atom. The first-order valence-corrected chi connectivity index (χ1v) is 10.0. The average Bonchev–Trinajstić information content (AvgIpc) is 3.45.